The Kier molecular flexibility index (Phi) is 4.88. The van der Waals surface area contributed by atoms with Crippen LogP contribution in [0.3, 0.4) is 0 Å². The summed E-state index contributed by atoms with van der Waals surface area (Å²) in [5.41, 5.74) is 6.27. The maximum Gasteiger partial charge on any atom is 0.257 e. The first-order valence-corrected chi connectivity index (χ1v) is 5.18. The zero-order valence-corrected chi connectivity index (χ0v) is 9.59. The van der Waals surface area contributed by atoms with E-state index in [1.165, 1.54) is 7.11 Å². The predicted molar refractivity (Wildman–Crippen MR) is 62.1 cm³/mol. The van der Waals surface area contributed by atoms with E-state index in [9.17, 15) is 4.79 Å². The third-order valence-electron chi connectivity index (χ3n) is 2.33. The fourth-order valence-electron chi connectivity index (χ4n) is 1.46. The molecule has 1 unspecified atom stereocenters. The summed E-state index contributed by atoms with van der Waals surface area (Å²) in [7, 11) is 1.48. The van der Waals surface area contributed by atoms with Gasteiger partial charge < -0.3 is 15.4 Å². The first-order chi connectivity index (χ1) is 7.74. The van der Waals surface area contributed by atoms with E-state index in [1.54, 1.807) is 29.4 Å². The molecule has 1 heterocycles. The van der Waals surface area contributed by atoms with Gasteiger partial charge >= 0.3 is 0 Å². The summed E-state index contributed by atoms with van der Waals surface area (Å²) in [6.07, 6.45) is 2.71. The molecule has 1 amide bonds. The Balaban J connectivity index is 2.86. The molecule has 1 aromatic heterocycles. The Morgan fingerprint density at radius 2 is 2.19 bits per heavy atom. The Morgan fingerprint density at radius 1 is 1.56 bits per heavy atom. The molecule has 0 aromatic carbocycles. The van der Waals surface area contributed by atoms with Crippen LogP contribution in [0.4, 0.5) is 5.69 Å². The van der Waals surface area contributed by atoms with Gasteiger partial charge in [-0.15, -0.1) is 0 Å². The number of anilines is 1. The topological polar surface area (TPSA) is 68.5 Å². The van der Waals surface area contributed by atoms with Gasteiger partial charge in [-0.2, -0.15) is 0 Å². The van der Waals surface area contributed by atoms with Gasteiger partial charge in [0.15, 0.2) is 0 Å². The molecule has 0 aliphatic carbocycles. The van der Waals surface area contributed by atoms with E-state index in [2.05, 4.69) is 4.98 Å². The molecule has 0 fully saturated rings. The lowest BCUT2D eigenvalue weighted by atomic mass is 10.2. The number of carbonyl (C=O) groups excluding carboxylic acids is 1. The van der Waals surface area contributed by atoms with Crippen LogP contribution in [0.1, 0.15) is 6.92 Å². The van der Waals surface area contributed by atoms with Crippen LogP contribution in [0.2, 0.25) is 0 Å². The van der Waals surface area contributed by atoms with E-state index < -0.39 is 6.10 Å². The number of nitrogens with zero attached hydrogens (tertiary/aromatic N) is 2. The van der Waals surface area contributed by atoms with E-state index in [0.717, 1.165) is 5.69 Å². The van der Waals surface area contributed by atoms with E-state index >= 15 is 0 Å². The monoisotopic (exact) mass is 223 g/mol. The molecule has 1 aromatic rings. The third-order valence-corrected chi connectivity index (χ3v) is 2.33. The van der Waals surface area contributed by atoms with Crippen molar-refractivity contribution in [3.63, 3.8) is 0 Å². The van der Waals surface area contributed by atoms with Gasteiger partial charge in [0.25, 0.3) is 5.91 Å². The van der Waals surface area contributed by atoms with Gasteiger partial charge in [-0.05, 0) is 19.1 Å². The summed E-state index contributed by atoms with van der Waals surface area (Å²) in [6, 6.07) is 3.56. The van der Waals surface area contributed by atoms with Crippen LogP contribution in [0.15, 0.2) is 24.5 Å². The largest absolute Gasteiger partial charge is 0.370 e. The molecular weight excluding hydrogens is 206 g/mol. The summed E-state index contributed by atoms with van der Waals surface area (Å²) in [5.74, 6) is -0.126. The molecule has 88 valence electrons. The number of ether oxygens (including phenoxy) is 1. The zero-order valence-electron chi connectivity index (χ0n) is 9.59. The third kappa shape index (κ3) is 2.77. The van der Waals surface area contributed by atoms with Gasteiger partial charge in [0.05, 0.1) is 0 Å². The van der Waals surface area contributed by atoms with Crippen LogP contribution in [0.5, 0.6) is 0 Å². The van der Waals surface area contributed by atoms with Gasteiger partial charge in [-0.3, -0.25) is 9.78 Å². The number of pyridine rings is 1. The van der Waals surface area contributed by atoms with Crippen molar-refractivity contribution in [2.75, 3.05) is 25.1 Å². The van der Waals surface area contributed by atoms with Crippen molar-refractivity contribution in [2.24, 2.45) is 5.73 Å². The fourth-order valence-corrected chi connectivity index (χ4v) is 1.46. The van der Waals surface area contributed by atoms with Gasteiger partial charge in [0.2, 0.25) is 0 Å². The minimum atomic E-state index is -0.590. The summed E-state index contributed by atoms with van der Waals surface area (Å²) in [5, 5.41) is 0. The lowest BCUT2D eigenvalue weighted by Crippen LogP contribution is -2.43. The highest BCUT2D eigenvalue weighted by Crippen LogP contribution is 2.13. The highest BCUT2D eigenvalue weighted by molar-refractivity contribution is 5.96. The predicted octanol–water partition coefficient (Wildman–Crippen LogP) is 0.408. The molecule has 5 nitrogen and oxygen atoms in total. The van der Waals surface area contributed by atoms with E-state index in [0.29, 0.717) is 6.54 Å². The number of methoxy groups -OCH3 is 1. The second-order valence-corrected chi connectivity index (χ2v) is 3.25. The number of rotatable bonds is 5. The quantitative estimate of drug-likeness (QED) is 0.785. The number of carbonyl (C=O) groups is 1. The molecule has 1 atom stereocenters. The average molecular weight is 223 g/mol. The standard InChI is InChI=1S/C11H17N3O2/c1-3-14(9-4-6-13-7-5-9)11(15)10(8-12)16-2/h4-7,10H,3,8,12H2,1-2H3. The van der Waals surface area contributed by atoms with Crippen molar-refractivity contribution < 1.29 is 9.53 Å². The van der Waals surface area contributed by atoms with Crippen molar-refractivity contribution in [3.8, 4) is 0 Å². The van der Waals surface area contributed by atoms with Crippen LogP contribution < -0.4 is 10.6 Å². The normalized spacial score (nSPS) is 12.2. The van der Waals surface area contributed by atoms with E-state index in [-0.39, 0.29) is 12.5 Å². The highest BCUT2D eigenvalue weighted by Gasteiger charge is 2.22. The van der Waals surface area contributed by atoms with Crippen LogP contribution in [0, 0.1) is 0 Å². The minimum absolute atomic E-state index is 0.126. The summed E-state index contributed by atoms with van der Waals surface area (Å²) in [6.45, 7) is 2.65. The highest BCUT2D eigenvalue weighted by atomic mass is 16.5. The number of hydrogen-bond acceptors (Lipinski definition) is 4. The van der Waals surface area contributed by atoms with Crippen molar-refractivity contribution in [1.82, 2.24) is 4.98 Å². The second-order valence-electron chi connectivity index (χ2n) is 3.25. The fraction of sp³-hybridized carbons (Fsp3) is 0.455. The number of hydrogen-bond donors (Lipinski definition) is 1. The smallest absolute Gasteiger partial charge is 0.257 e. The molecule has 0 spiro atoms. The second kappa shape index (κ2) is 6.19. The number of nitrogens with two attached hydrogens (primary N) is 1. The number of amides is 1. The summed E-state index contributed by atoms with van der Waals surface area (Å²) in [4.78, 5) is 17.6. The first kappa shape index (κ1) is 12.6. The summed E-state index contributed by atoms with van der Waals surface area (Å²) >= 11 is 0. The lowest BCUT2D eigenvalue weighted by molar-refractivity contribution is -0.127. The van der Waals surface area contributed by atoms with Gasteiger partial charge in [-0.1, -0.05) is 0 Å². The molecule has 0 radical (unpaired) electrons. The lowest BCUT2D eigenvalue weighted by Gasteiger charge is -2.24. The minimum Gasteiger partial charge on any atom is -0.370 e. The van der Waals surface area contributed by atoms with Crippen LogP contribution in [0.25, 0.3) is 0 Å². The molecule has 1 rings (SSSR count). The van der Waals surface area contributed by atoms with Crippen molar-refractivity contribution in [1.29, 1.82) is 0 Å². The molecule has 2 N–H and O–H groups in total. The van der Waals surface area contributed by atoms with Crippen molar-refractivity contribution in [2.45, 2.75) is 13.0 Å². The van der Waals surface area contributed by atoms with Crippen LogP contribution >= 0.6 is 0 Å². The Morgan fingerprint density at radius 3 is 2.62 bits per heavy atom. The number of aromatic nitrogens is 1. The first-order valence-electron chi connectivity index (χ1n) is 5.18. The molecule has 0 saturated carbocycles. The van der Waals surface area contributed by atoms with Crippen LogP contribution in [-0.2, 0) is 9.53 Å². The Bertz CT molecular complexity index is 325. The van der Waals surface area contributed by atoms with Crippen molar-refractivity contribution in [3.05, 3.63) is 24.5 Å². The molecule has 5 heteroatoms. The molecule has 0 aliphatic rings. The maximum atomic E-state index is 12.0. The average Bonchev–Trinajstić information content (AvgIpc) is 2.33. The molecule has 0 saturated heterocycles. The summed E-state index contributed by atoms with van der Waals surface area (Å²) < 4.78 is 5.03. The zero-order chi connectivity index (χ0) is 12.0. The Hall–Kier alpha value is -1.46. The van der Waals surface area contributed by atoms with E-state index in [1.807, 2.05) is 6.92 Å². The molecule has 0 aliphatic heterocycles. The molecule has 16 heavy (non-hydrogen) atoms. The SMILES string of the molecule is CCN(C(=O)C(CN)OC)c1ccncc1. The Labute approximate surface area is 95.2 Å². The van der Waals surface area contributed by atoms with Gasteiger partial charge in [0.1, 0.15) is 6.10 Å². The molecular formula is C11H17N3O2. The number of likely N-dealkylation sites (N-methyl/N-ethyl adjacent to an activating group) is 1. The van der Waals surface area contributed by atoms with Crippen LogP contribution in [-0.4, -0.2) is 37.2 Å². The maximum absolute atomic E-state index is 12.0. The van der Waals surface area contributed by atoms with Gasteiger partial charge in [-0.25, -0.2) is 0 Å². The van der Waals surface area contributed by atoms with E-state index in [4.69, 9.17) is 10.5 Å². The van der Waals surface area contributed by atoms with Gasteiger partial charge in [0, 0.05) is 38.3 Å². The van der Waals surface area contributed by atoms with Crippen molar-refractivity contribution >= 4 is 11.6 Å². The molecule has 0 bridgehead atoms.